The molecule has 1 unspecified atom stereocenters. The van der Waals surface area contributed by atoms with Crippen molar-refractivity contribution < 1.29 is 10.0 Å². The van der Waals surface area contributed by atoms with Gasteiger partial charge in [-0.15, -0.1) is 0 Å². The van der Waals surface area contributed by atoms with Crippen molar-refractivity contribution in [1.82, 2.24) is 5.32 Å². The van der Waals surface area contributed by atoms with E-state index in [0.717, 1.165) is 30.7 Å². The van der Waals surface area contributed by atoms with Crippen molar-refractivity contribution in [3.05, 3.63) is 27.1 Å². The first-order valence-electron chi connectivity index (χ1n) is 6.22. The van der Waals surface area contributed by atoms with Gasteiger partial charge in [0.2, 0.25) is 0 Å². The number of rotatable bonds is 9. The van der Waals surface area contributed by atoms with Crippen molar-refractivity contribution in [3.63, 3.8) is 0 Å². The third-order valence-corrected chi connectivity index (χ3v) is 3.83. The minimum absolute atomic E-state index is 0.187. The number of thiophene rings is 1. The number of nitrogens with zero attached hydrogens (tertiary/aromatic N) is 1. The van der Waals surface area contributed by atoms with E-state index in [1.807, 2.05) is 0 Å². The topological polar surface area (TPSA) is 75.4 Å². The summed E-state index contributed by atoms with van der Waals surface area (Å²) < 4.78 is 0. The van der Waals surface area contributed by atoms with Crippen LogP contribution in [0.15, 0.2) is 12.1 Å². The summed E-state index contributed by atoms with van der Waals surface area (Å²) in [7, 11) is 0. The highest BCUT2D eigenvalue weighted by atomic mass is 32.1. The average molecular weight is 272 g/mol. The van der Waals surface area contributed by atoms with E-state index in [9.17, 15) is 10.1 Å². The molecule has 102 valence electrons. The highest BCUT2D eigenvalue weighted by Gasteiger charge is 2.10. The Kier molecular flexibility index (Phi) is 6.85. The number of aliphatic hydroxyl groups is 1. The number of hydrogen-bond donors (Lipinski definition) is 2. The molecule has 0 aliphatic rings. The van der Waals surface area contributed by atoms with Gasteiger partial charge in [0, 0.05) is 24.1 Å². The zero-order valence-corrected chi connectivity index (χ0v) is 11.4. The van der Waals surface area contributed by atoms with Gasteiger partial charge in [0.1, 0.15) is 0 Å². The Hall–Kier alpha value is -0.980. The summed E-state index contributed by atoms with van der Waals surface area (Å²) in [6.07, 6.45) is 3.01. The summed E-state index contributed by atoms with van der Waals surface area (Å²) in [5, 5.41) is 23.0. The minimum atomic E-state index is -0.361. The molecule has 0 saturated heterocycles. The Morgan fingerprint density at radius 3 is 2.83 bits per heavy atom. The van der Waals surface area contributed by atoms with Crippen LogP contribution < -0.4 is 5.32 Å². The van der Waals surface area contributed by atoms with E-state index < -0.39 is 0 Å². The van der Waals surface area contributed by atoms with Gasteiger partial charge >= 0.3 is 5.00 Å². The summed E-state index contributed by atoms with van der Waals surface area (Å²) >= 11 is 1.21. The molecule has 0 radical (unpaired) electrons. The Labute approximate surface area is 111 Å². The molecular formula is C12H20N2O3S. The summed E-state index contributed by atoms with van der Waals surface area (Å²) in [6, 6.07) is 3.33. The predicted molar refractivity (Wildman–Crippen MR) is 72.8 cm³/mol. The van der Waals surface area contributed by atoms with E-state index in [1.165, 1.54) is 11.3 Å². The Morgan fingerprint density at radius 1 is 1.50 bits per heavy atom. The number of nitro groups is 1. The lowest BCUT2D eigenvalue weighted by molar-refractivity contribution is -0.380. The van der Waals surface area contributed by atoms with Gasteiger partial charge in [-0.2, -0.15) is 0 Å². The van der Waals surface area contributed by atoms with Gasteiger partial charge in [-0.05, 0) is 31.4 Å². The molecule has 18 heavy (non-hydrogen) atoms. The second-order valence-corrected chi connectivity index (χ2v) is 5.44. The zero-order valence-electron chi connectivity index (χ0n) is 10.6. The molecule has 6 heteroatoms. The fourth-order valence-electron chi connectivity index (χ4n) is 1.90. The molecule has 0 fully saturated rings. The smallest absolute Gasteiger partial charge is 0.324 e. The van der Waals surface area contributed by atoms with Crippen molar-refractivity contribution in [3.8, 4) is 0 Å². The highest BCUT2D eigenvalue weighted by Crippen LogP contribution is 2.23. The molecule has 1 aromatic rings. The lowest BCUT2D eigenvalue weighted by Crippen LogP contribution is -2.22. The van der Waals surface area contributed by atoms with E-state index in [2.05, 4.69) is 12.2 Å². The Balaban J connectivity index is 2.32. The maximum Gasteiger partial charge on any atom is 0.324 e. The third kappa shape index (κ3) is 5.12. The first kappa shape index (κ1) is 15.1. The van der Waals surface area contributed by atoms with Crippen LogP contribution in [0.2, 0.25) is 0 Å². The predicted octanol–water partition coefficient (Wildman–Crippen LogP) is 2.54. The average Bonchev–Trinajstić information content (AvgIpc) is 2.78. The SMILES string of the molecule is CCCC(CCO)CNCc1ccc([N+](=O)[O-])s1. The van der Waals surface area contributed by atoms with Crippen LogP contribution in [0.4, 0.5) is 5.00 Å². The van der Waals surface area contributed by atoms with Crippen LogP contribution in [-0.2, 0) is 6.54 Å². The summed E-state index contributed by atoms with van der Waals surface area (Å²) in [6.45, 7) is 3.86. The van der Waals surface area contributed by atoms with E-state index in [0.29, 0.717) is 12.5 Å². The second kappa shape index (κ2) is 8.18. The van der Waals surface area contributed by atoms with Gasteiger partial charge in [0.25, 0.3) is 0 Å². The molecule has 0 aromatic carbocycles. The number of aliphatic hydroxyl groups excluding tert-OH is 1. The monoisotopic (exact) mass is 272 g/mol. The summed E-state index contributed by atoms with van der Waals surface area (Å²) in [5.74, 6) is 0.481. The molecule has 0 bridgehead atoms. The van der Waals surface area contributed by atoms with Crippen molar-refractivity contribution in [2.45, 2.75) is 32.7 Å². The van der Waals surface area contributed by atoms with Crippen LogP contribution in [-0.4, -0.2) is 23.2 Å². The zero-order chi connectivity index (χ0) is 13.4. The van der Waals surface area contributed by atoms with E-state index >= 15 is 0 Å². The number of nitrogens with one attached hydrogen (secondary N) is 1. The van der Waals surface area contributed by atoms with Crippen molar-refractivity contribution >= 4 is 16.3 Å². The van der Waals surface area contributed by atoms with E-state index in [-0.39, 0.29) is 16.5 Å². The molecule has 1 aromatic heterocycles. The maximum absolute atomic E-state index is 10.5. The highest BCUT2D eigenvalue weighted by molar-refractivity contribution is 7.15. The standard InChI is InChI=1S/C12H20N2O3S/c1-2-3-10(6-7-15)8-13-9-11-4-5-12(18-11)14(16)17/h4-5,10,13,15H,2-3,6-9H2,1H3. The first-order chi connectivity index (χ1) is 8.67. The van der Waals surface area contributed by atoms with Crippen LogP contribution in [0.5, 0.6) is 0 Å². The molecule has 0 amide bonds. The quantitative estimate of drug-likeness (QED) is 0.535. The molecule has 0 saturated carbocycles. The molecule has 0 spiro atoms. The second-order valence-electron chi connectivity index (χ2n) is 4.29. The van der Waals surface area contributed by atoms with Crippen LogP contribution in [0.3, 0.4) is 0 Å². The van der Waals surface area contributed by atoms with Crippen LogP contribution in [0, 0.1) is 16.0 Å². The molecule has 1 atom stereocenters. The van der Waals surface area contributed by atoms with E-state index in [1.54, 1.807) is 12.1 Å². The van der Waals surface area contributed by atoms with Gasteiger partial charge < -0.3 is 10.4 Å². The molecule has 1 rings (SSSR count). The Bertz CT molecular complexity index is 362. The first-order valence-corrected chi connectivity index (χ1v) is 7.03. The molecule has 1 heterocycles. The Morgan fingerprint density at radius 2 is 2.28 bits per heavy atom. The van der Waals surface area contributed by atoms with Crippen molar-refractivity contribution in [1.29, 1.82) is 0 Å². The van der Waals surface area contributed by atoms with E-state index in [4.69, 9.17) is 5.11 Å². The van der Waals surface area contributed by atoms with Crippen LogP contribution in [0.1, 0.15) is 31.1 Å². The van der Waals surface area contributed by atoms with Gasteiger partial charge in [0.05, 0.1) is 4.92 Å². The third-order valence-electron chi connectivity index (χ3n) is 2.79. The van der Waals surface area contributed by atoms with Crippen LogP contribution in [0.25, 0.3) is 0 Å². The maximum atomic E-state index is 10.5. The molecule has 5 nitrogen and oxygen atoms in total. The lowest BCUT2D eigenvalue weighted by Gasteiger charge is -2.15. The summed E-state index contributed by atoms with van der Waals surface area (Å²) in [5.41, 5.74) is 0. The van der Waals surface area contributed by atoms with Gasteiger partial charge in [-0.1, -0.05) is 24.7 Å². The molecule has 0 aliphatic carbocycles. The fraction of sp³-hybridized carbons (Fsp3) is 0.667. The van der Waals surface area contributed by atoms with Gasteiger partial charge in [-0.3, -0.25) is 10.1 Å². The fourth-order valence-corrected chi connectivity index (χ4v) is 2.69. The minimum Gasteiger partial charge on any atom is -0.396 e. The van der Waals surface area contributed by atoms with Gasteiger partial charge in [0.15, 0.2) is 0 Å². The lowest BCUT2D eigenvalue weighted by atomic mass is 10.0. The van der Waals surface area contributed by atoms with Crippen molar-refractivity contribution in [2.24, 2.45) is 5.92 Å². The van der Waals surface area contributed by atoms with Crippen molar-refractivity contribution in [2.75, 3.05) is 13.2 Å². The summed E-state index contributed by atoms with van der Waals surface area (Å²) in [4.78, 5) is 11.1. The largest absolute Gasteiger partial charge is 0.396 e. The normalized spacial score (nSPS) is 12.6. The molecular weight excluding hydrogens is 252 g/mol. The number of hydrogen-bond acceptors (Lipinski definition) is 5. The van der Waals surface area contributed by atoms with Gasteiger partial charge in [-0.25, -0.2) is 0 Å². The van der Waals surface area contributed by atoms with Crippen LogP contribution >= 0.6 is 11.3 Å². The molecule has 0 aliphatic heterocycles. The molecule has 2 N–H and O–H groups in total.